The zero-order valence-corrected chi connectivity index (χ0v) is 50.1. The lowest BCUT2D eigenvalue weighted by atomic mass is 9.94. The summed E-state index contributed by atoms with van der Waals surface area (Å²) in [6.07, 6.45) is 1.76. The Labute approximate surface area is 478 Å². The molecular formula is C61H72ClFN6O9SSi. The summed E-state index contributed by atoms with van der Waals surface area (Å²) in [4.78, 5) is 50.5. The molecule has 1 fully saturated rings. The molecule has 0 spiro atoms. The van der Waals surface area contributed by atoms with Crippen LogP contribution in [0.4, 0.5) is 4.39 Å². The van der Waals surface area contributed by atoms with Gasteiger partial charge in [-0.15, -0.1) is 11.3 Å². The zero-order valence-electron chi connectivity index (χ0n) is 47.5. The van der Waals surface area contributed by atoms with Crippen molar-refractivity contribution in [3.8, 4) is 50.3 Å². The molecule has 1 saturated heterocycles. The van der Waals surface area contributed by atoms with Gasteiger partial charge in [-0.25, -0.2) is 29.1 Å². The maximum atomic E-state index is 14.5. The summed E-state index contributed by atoms with van der Waals surface area (Å²) in [6.45, 7) is 23.9. The number of para-hydroxylation sites is 1. The summed E-state index contributed by atoms with van der Waals surface area (Å²) in [5, 5.41) is 4.55. The molecule has 80 heavy (non-hydrogen) atoms. The number of thiophene rings is 1. The first-order valence-electron chi connectivity index (χ1n) is 26.9. The van der Waals surface area contributed by atoms with Crippen LogP contribution in [0, 0.1) is 12.7 Å². The second-order valence-electron chi connectivity index (χ2n) is 22.2. The van der Waals surface area contributed by atoms with Crippen LogP contribution in [-0.2, 0) is 54.4 Å². The van der Waals surface area contributed by atoms with E-state index < -0.39 is 32.0 Å². The third-order valence-electron chi connectivity index (χ3n) is 14.2. The van der Waals surface area contributed by atoms with Gasteiger partial charge < -0.3 is 32.8 Å². The molecule has 424 valence electrons. The molecule has 0 saturated carbocycles. The van der Waals surface area contributed by atoms with Crippen LogP contribution < -0.4 is 19.5 Å². The molecule has 2 unspecified atom stereocenters. The van der Waals surface area contributed by atoms with Gasteiger partial charge in [-0.3, -0.25) is 15.0 Å². The molecule has 15 nitrogen and oxygen atoms in total. The van der Waals surface area contributed by atoms with Crippen LogP contribution in [-0.4, -0.2) is 109 Å². The van der Waals surface area contributed by atoms with Crippen molar-refractivity contribution in [2.24, 2.45) is 0 Å². The van der Waals surface area contributed by atoms with Crippen LogP contribution in [0.5, 0.6) is 17.4 Å². The van der Waals surface area contributed by atoms with Gasteiger partial charge in [0.15, 0.2) is 14.1 Å². The first-order chi connectivity index (χ1) is 38.1. The number of benzene rings is 4. The smallest absolute Gasteiger partial charge is 0.347 e. The summed E-state index contributed by atoms with van der Waals surface area (Å²) in [6, 6.07) is 24.6. The van der Waals surface area contributed by atoms with Gasteiger partial charge in [0.2, 0.25) is 12.0 Å². The predicted octanol–water partition coefficient (Wildman–Crippen LogP) is 12.4. The van der Waals surface area contributed by atoms with E-state index in [2.05, 4.69) is 49.1 Å². The Hall–Kier alpha value is -6.38. The van der Waals surface area contributed by atoms with Gasteiger partial charge in [0.25, 0.3) is 0 Å². The molecule has 0 bridgehead atoms. The van der Waals surface area contributed by atoms with Gasteiger partial charge in [0, 0.05) is 54.3 Å². The Balaban J connectivity index is 1.19. The first kappa shape index (κ1) is 59.7. The van der Waals surface area contributed by atoms with Crippen molar-refractivity contribution in [3.63, 3.8) is 0 Å². The molecule has 0 aliphatic carbocycles. The lowest BCUT2D eigenvalue weighted by Crippen LogP contribution is -2.50. The minimum absolute atomic E-state index is 0.00316. The fraction of sp³-hybridized carbons (Fsp3) is 0.410. The van der Waals surface area contributed by atoms with Crippen molar-refractivity contribution < 1.29 is 46.8 Å². The van der Waals surface area contributed by atoms with Crippen LogP contribution in [0.1, 0.15) is 76.4 Å². The maximum Gasteiger partial charge on any atom is 0.347 e. The predicted molar refractivity (Wildman–Crippen MR) is 313 cm³/mol. The van der Waals surface area contributed by atoms with Crippen LogP contribution in [0.25, 0.3) is 43.2 Å². The summed E-state index contributed by atoms with van der Waals surface area (Å²) in [7, 11) is -0.529. The number of morpholine rings is 1. The van der Waals surface area contributed by atoms with Crippen molar-refractivity contribution in [1.29, 1.82) is 0 Å². The number of rotatable bonds is 22. The summed E-state index contributed by atoms with van der Waals surface area (Å²) >= 11 is 8.68. The normalized spacial score (nSPS) is 14.2. The fourth-order valence-corrected chi connectivity index (χ4v) is 11.2. The second-order valence-corrected chi connectivity index (χ2v) is 28.4. The number of nitrogens with zero attached hydrogens (tertiary/aromatic N) is 5. The largest absolute Gasteiger partial charge is 0.496 e. The Kier molecular flexibility index (Phi) is 19.4. The Bertz CT molecular complexity index is 3290. The lowest BCUT2D eigenvalue weighted by Gasteiger charge is -2.36. The van der Waals surface area contributed by atoms with Crippen molar-refractivity contribution in [3.05, 3.63) is 136 Å². The number of ether oxygens (including phenoxy) is 6. The van der Waals surface area contributed by atoms with Gasteiger partial charge in [-0.1, -0.05) is 80.9 Å². The van der Waals surface area contributed by atoms with Gasteiger partial charge in [-0.2, -0.15) is 0 Å². The van der Waals surface area contributed by atoms with E-state index in [4.69, 9.17) is 59.4 Å². The maximum absolute atomic E-state index is 14.5. The van der Waals surface area contributed by atoms with E-state index in [0.29, 0.717) is 88.8 Å². The average Bonchev–Trinajstić information content (AvgIpc) is 4.03. The molecule has 3 aromatic heterocycles. The van der Waals surface area contributed by atoms with E-state index in [1.54, 1.807) is 38.4 Å². The van der Waals surface area contributed by atoms with E-state index in [1.165, 1.54) is 29.8 Å². The van der Waals surface area contributed by atoms with E-state index in [1.807, 2.05) is 82.3 Å². The van der Waals surface area contributed by atoms with Gasteiger partial charge >= 0.3 is 11.9 Å². The molecule has 1 aliphatic heterocycles. The van der Waals surface area contributed by atoms with Crippen molar-refractivity contribution in [2.45, 2.75) is 117 Å². The third kappa shape index (κ3) is 14.7. The second kappa shape index (κ2) is 26.0. The number of methoxy groups -OCH3 is 1. The summed E-state index contributed by atoms with van der Waals surface area (Å²) in [5.74, 6) is 0.288. The molecule has 0 radical (unpaired) electrons. The molecule has 8 rings (SSSR count). The number of carbonyl (C=O) groups excluding carboxylic acids is 2. The number of carbonyl (C=O) groups is 2. The van der Waals surface area contributed by atoms with Crippen LogP contribution in [0.2, 0.25) is 23.2 Å². The highest BCUT2D eigenvalue weighted by Gasteiger charge is 2.38. The molecule has 4 aromatic carbocycles. The number of esters is 2. The van der Waals surface area contributed by atoms with Crippen molar-refractivity contribution in [2.75, 3.05) is 46.6 Å². The molecule has 19 heteroatoms. The highest BCUT2D eigenvalue weighted by molar-refractivity contribution is 7.22. The molecule has 1 aliphatic rings. The highest BCUT2D eigenvalue weighted by atomic mass is 35.5. The van der Waals surface area contributed by atoms with Gasteiger partial charge in [0.05, 0.1) is 50.2 Å². The number of nitrogens with one attached hydrogen (secondary N) is 1. The highest BCUT2D eigenvalue weighted by Crippen LogP contribution is 2.49. The van der Waals surface area contributed by atoms with E-state index >= 15 is 0 Å². The summed E-state index contributed by atoms with van der Waals surface area (Å²) < 4.78 is 57.5. The first-order valence-corrected chi connectivity index (χ1v) is 31.0. The standard InChI is InChI=1S/C61H72ClFN6O9SSi/c1-12-74-59(71)50(77-56-52-51(54(79-57(52)67-37-66-56)40-18-21-43(63)22-19-40)45-23-20-41(53(62)38(45)2)35-76-80(10,11)61(6,7)8)32-42-31-39(33-65-47(58(70)78-60(3,4)5)34-69-27-29-73-30-28-69)17-24-48(42)75-36-44-25-26-64-55(68-44)46-15-13-14-16-49(46)72-9/h13-26,31,37,47,50,65H,12,27-30,32-36H2,1-11H3. The topological polar surface area (TPSA) is 166 Å². The van der Waals surface area contributed by atoms with Crippen molar-refractivity contribution in [1.82, 2.24) is 30.2 Å². The number of aromatic nitrogens is 4. The molecule has 4 heterocycles. The Morgan fingerprint density at radius 1 is 0.887 bits per heavy atom. The molecular weight excluding hydrogens is 1080 g/mol. The van der Waals surface area contributed by atoms with Crippen LogP contribution in [0.3, 0.4) is 0 Å². The number of hydrogen-bond acceptors (Lipinski definition) is 16. The molecule has 1 N–H and O–H groups in total. The van der Waals surface area contributed by atoms with E-state index in [9.17, 15) is 14.0 Å². The number of hydrogen-bond donors (Lipinski definition) is 1. The Morgan fingerprint density at radius 2 is 1.64 bits per heavy atom. The van der Waals surface area contributed by atoms with E-state index in [-0.39, 0.29) is 48.9 Å². The van der Waals surface area contributed by atoms with Crippen LogP contribution >= 0.6 is 22.9 Å². The number of fused-ring (bicyclic) bond motifs is 1. The molecule has 0 amide bonds. The minimum Gasteiger partial charge on any atom is -0.496 e. The van der Waals surface area contributed by atoms with Crippen molar-refractivity contribution >= 4 is 53.4 Å². The molecule has 7 aromatic rings. The summed E-state index contributed by atoms with van der Waals surface area (Å²) in [5.41, 5.74) is 5.86. The molecule has 2 atom stereocenters. The fourth-order valence-electron chi connectivity index (χ4n) is 8.91. The number of halogens is 2. The Morgan fingerprint density at radius 3 is 2.35 bits per heavy atom. The minimum atomic E-state index is -2.13. The monoisotopic (exact) mass is 1150 g/mol. The SMILES string of the molecule is CCOC(=O)C(Cc1cc(CNC(CN2CCOCC2)C(=O)OC(C)(C)C)ccc1OCc1ccnc(-c2ccccc2OC)n1)Oc1ncnc2sc(-c3ccc(F)cc3)c(-c3ccc(CO[Si](C)(C)C(C)(C)C)c(Cl)c3C)c12. The van der Waals surface area contributed by atoms with Gasteiger partial charge in [0.1, 0.15) is 46.7 Å². The van der Waals surface area contributed by atoms with Gasteiger partial charge in [-0.05, 0) is 123 Å². The van der Waals surface area contributed by atoms with Crippen LogP contribution in [0.15, 0.2) is 97.5 Å². The lowest BCUT2D eigenvalue weighted by molar-refractivity contribution is -0.158. The van der Waals surface area contributed by atoms with E-state index in [0.717, 1.165) is 38.3 Å². The third-order valence-corrected chi connectivity index (χ3v) is 20.4. The zero-order chi connectivity index (χ0) is 57.4. The quantitative estimate of drug-likeness (QED) is 0.0503. The average molecular weight is 1150 g/mol.